The first-order valence-electron chi connectivity index (χ1n) is 7.05. The second-order valence-electron chi connectivity index (χ2n) is 4.85. The van der Waals surface area contributed by atoms with Crippen molar-refractivity contribution < 1.29 is 4.74 Å². The second kappa shape index (κ2) is 8.42. The van der Waals surface area contributed by atoms with E-state index < -0.39 is 0 Å². The summed E-state index contributed by atoms with van der Waals surface area (Å²) in [6, 6.07) is 14.0. The number of ether oxygens (including phenoxy) is 1. The first-order valence-corrected chi connectivity index (χ1v) is 8.22. The van der Waals surface area contributed by atoms with E-state index in [1.807, 2.05) is 30.3 Å². The molecule has 0 saturated heterocycles. The molecule has 2 rings (SSSR count). The summed E-state index contributed by atoms with van der Waals surface area (Å²) in [4.78, 5) is 0. The fourth-order valence-electron chi connectivity index (χ4n) is 1.91. The number of benzene rings is 2. The summed E-state index contributed by atoms with van der Waals surface area (Å²) in [5.74, 6) is 0.855. The first-order chi connectivity index (χ1) is 10.2. The predicted octanol–water partition coefficient (Wildman–Crippen LogP) is 5.18. The van der Waals surface area contributed by atoms with Crippen molar-refractivity contribution in [3.05, 3.63) is 63.1 Å². The molecule has 21 heavy (non-hydrogen) atoms. The van der Waals surface area contributed by atoms with E-state index in [2.05, 4.69) is 40.3 Å². The van der Waals surface area contributed by atoms with Gasteiger partial charge in [0.05, 0.1) is 0 Å². The highest BCUT2D eigenvalue weighted by molar-refractivity contribution is 9.10. The second-order valence-corrected chi connectivity index (χ2v) is 6.17. The molecule has 0 aliphatic carbocycles. The molecule has 4 heteroatoms. The van der Waals surface area contributed by atoms with Crippen LogP contribution in [0.25, 0.3) is 0 Å². The molecule has 2 aromatic carbocycles. The van der Waals surface area contributed by atoms with Gasteiger partial charge in [0.15, 0.2) is 0 Å². The van der Waals surface area contributed by atoms with E-state index in [1.54, 1.807) is 0 Å². The van der Waals surface area contributed by atoms with Crippen LogP contribution in [0.4, 0.5) is 0 Å². The van der Waals surface area contributed by atoms with Crippen molar-refractivity contribution in [2.45, 2.75) is 26.5 Å². The third-order valence-corrected chi connectivity index (χ3v) is 3.93. The topological polar surface area (TPSA) is 21.3 Å². The molecule has 0 aromatic heterocycles. The summed E-state index contributed by atoms with van der Waals surface area (Å²) >= 11 is 9.57. The lowest BCUT2D eigenvalue weighted by Crippen LogP contribution is -2.13. The van der Waals surface area contributed by atoms with Gasteiger partial charge in [-0.1, -0.05) is 52.7 Å². The molecular formula is C17H19BrClNO. The van der Waals surface area contributed by atoms with Crippen LogP contribution in [0.15, 0.2) is 46.9 Å². The average Bonchev–Trinajstić information content (AvgIpc) is 2.48. The van der Waals surface area contributed by atoms with E-state index in [9.17, 15) is 0 Å². The minimum Gasteiger partial charge on any atom is -0.489 e. The highest BCUT2D eigenvalue weighted by Gasteiger charge is 2.02. The van der Waals surface area contributed by atoms with Crippen LogP contribution in [0.3, 0.4) is 0 Å². The predicted molar refractivity (Wildman–Crippen MR) is 91.9 cm³/mol. The minimum atomic E-state index is 0.472. The van der Waals surface area contributed by atoms with E-state index in [4.69, 9.17) is 16.3 Å². The zero-order chi connectivity index (χ0) is 15.1. The first kappa shape index (κ1) is 16.3. The standard InChI is InChI=1S/C17H19BrClNO/c1-2-9-20-11-13-3-7-16(8-4-13)21-12-14-5-6-15(18)10-17(14)19/h3-8,10,20H,2,9,11-12H2,1H3. The van der Waals surface area contributed by atoms with Crippen molar-refractivity contribution in [2.24, 2.45) is 0 Å². The number of nitrogens with one attached hydrogen (secondary N) is 1. The molecule has 0 aliphatic rings. The van der Waals surface area contributed by atoms with E-state index in [-0.39, 0.29) is 0 Å². The van der Waals surface area contributed by atoms with Gasteiger partial charge in [-0.25, -0.2) is 0 Å². The van der Waals surface area contributed by atoms with Gasteiger partial charge >= 0.3 is 0 Å². The molecule has 0 spiro atoms. The van der Waals surface area contributed by atoms with Crippen LogP contribution in [0, 0.1) is 0 Å². The summed E-state index contributed by atoms with van der Waals surface area (Å²) in [6.45, 7) is 4.57. The molecular weight excluding hydrogens is 350 g/mol. The smallest absolute Gasteiger partial charge is 0.119 e. The largest absolute Gasteiger partial charge is 0.489 e. The molecule has 2 nitrogen and oxygen atoms in total. The van der Waals surface area contributed by atoms with Crippen LogP contribution in [0.5, 0.6) is 5.75 Å². The summed E-state index contributed by atoms with van der Waals surface area (Å²) in [5, 5.41) is 4.09. The van der Waals surface area contributed by atoms with E-state index in [0.717, 1.165) is 35.3 Å². The summed E-state index contributed by atoms with van der Waals surface area (Å²) in [6.07, 6.45) is 1.15. The zero-order valence-corrected chi connectivity index (χ0v) is 14.4. The number of hydrogen-bond donors (Lipinski definition) is 1. The third kappa shape index (κ3) is 5.34. The maximum absolute atomic E-state index is 6.17. The molecule has 2 aromatic rings. The van der Waals surface area contributed by atoms with Crippen LogP contribution >= 0.6 is 27.5 Å². The van der Waals surface area contributed by atoms with Gasteiger partial charge in [-0.05, 0) is 42.8 Å². The molecule has 112 valence electrons. The number of halogens is 2. The molecule has 0 atom stereocenters. The van der Waals surface area contributed by atoms with Crippen molar-refractivity contribution in [1.82, 2.24) is 5.32 Å². The summed E-state index contributed by atoms with van der Waals surface area (Å²) in [5.41, 5.74) is 2.24. The van der Waals surface area contributed by atoms with Gasteiger partial charge in [0.1, 0.15) is 12.4 Å². The van der Waals surface area contributed by atoms with Crippen molar-refractivity contribution in [1.29, 1.82) is 0 Å². The van der Waals surface area contributed by atoms with Crippen LogP contribution in [0.1, 0.15) is 24.5 Å². The normalized spacial score (nSPS) is 10.6. The lowest BCUT2D eigenvalue weighted by molar-refractivity contribution is 0.306. The lowest BCUT2D eigenvalue weighted by atomic mass is 10.2. The Kier molecular flexibility index (Phi) is 6.55. The van der Waals surface area contributed by atoms with Gasteiger partial charge in [-0.2, -0.15) is 0 Å². The number of rotatable bonds is 7. The quantitative estimate of drug-likeness (QED) is 0.680. The molecule has 0 bridgehead atoms. The Morgan fingerprint density at radius 2 is 1.90 bits per heavy atom. The molecule has 0 unspecified atom stereocenters. The summed E-state index contributed by atoms with van der Waals surface area (Å²) < 4.78 is 6.75. The molecule has 0 radical (unpaired) electrons. The van der Waals surface area contributed by atoms with E-state index in [1.165, 1.54) is 5.56 Å². The maximum atomic E-state index is 6.17. The Morgan fingerprint density at radius 1 is 1.14 bits per heavy atom. The highest BCUT2D eigenvalue weighted by Crippen LogP contribution is 2.23. The van der Waals surface area contributed by atoms with Crippen LogP contribution in [-0.2, 0) is 13.2 Å². The molecule has 0 fully saturated rings. The Labute approximate surface area is 139 Å². The van der Waals surface area contributed by atoms with Crippen molar-refractivity contribution in [3.8, 4) is 5.75 Å². The third-order valence-electron chi connectivity index (χ3n) is 3.09. The summed E-state index contributed by atoms with van der Waals surface area (Å²) in [7, 11) is 0. The van der Waals surface area contributed by atoms with Crippen LogP contribution in [-0.4, -0.2) is 6.54 Å². The Morgan fingerprint density at radius 3 is 2.57 bits per heavy atom. The van der Waals surface area contributed by atoms with E-state index in [0.29, 0.717) is 11.6 Å². The Bertz CT molecular complexity index is 572. The lowest BCUT2D eigenvalue weighted by Gasteiger charge is -2.09. The van der Waals surface area contributed by atoms with Gasteiger partial charge in [-0.15, -0.1) is 0 Å². The van der Waals surface area contributed by atoms with Gasteiger partial charge in [0.2, 0.25) is 0 Å². The van der Waals surface area contributed by atoms with Gasteiger partial charge < -0.3 is 10.1 Å². The van der Waals surface area contributed by atoms with Crippen molar-refractivity contribution in [3.63, 3.8) is 0 Å². The highest BCUT2D eigenvalue weighted by atomic mass is 79.9. The Balaban J connectivity index is 1.88. The fourth-order valence-corrected chi connectivity index (χ4v) is 2.64. The van der Waals surface area contributed by atoms with Crippen LogP contribution in [0.2, 0.25) is 5.02 Å². The molecule has 0 aliphatic heterocycles. The minimum absolute atomic E-state index is 0.472. The van der Waals surface area contributed by atoms with Crippen molar-refractivity contribution in [2.75, 3.05) is 6.54 Å². The monoisotopic (exact) mass is 367 g/mol. The SMILES string of the molecule is CCCNCc1ccc(OCc2ccc(Br)cc2Cl)cc1. The average molecular weight is 369 g/mol. The van der Waals surface area contributed by atoms with Gasteiger partial charge in [0.25, 0.3) is 0 Å². The molecule has 1 N–H and O–H groups in total. The van der Waals surface area contributed by atoms with Gasteiger partial charge in [-0.3, -0.25) is 0 Å². The zero-order valence-electron chi connectivity index (χ0n) is 12.0. The van der Waals surface area contributed by atoms with E-state index >= 15 is 0 Å². The molecule has 0 saturated carbocycles. The fraction of sp³-hybridized carbons (Fsp3) is 0.294. The van der Waals surface area contributed by atoms with Crippen LogP contribution < -0.4 is 10.1 Å². The number of hydrogen-bond acceptors (Lipinski definition) is 2. The van der Waals surface area contributed by atoms with Gasteiger partial charge in [0, 0.05) is 21.6 Å². The molecule has 0 amide bonds. The Hall–Kier alpha value is -1.03. The maximum Gasteiger partial charge on any atom is 0.119 e. The molecule has 0 heterocycles. The van der Waals surface area contributed by atoms with Crippen molar-refractivity contribution >= 4 is 27.5 Å².